The fourth-order valence-corrected chi connectivity index (χ4v) is 2.45. The van der Waals surface area contributed by atoms with Crippen molar-refractivity contribution in [3.8, 4) is 0 Å². The minimum atomic E-state index is 0.609. The van der Waals surface area contributed by atoms with Gasteiger partial charge in [0.15, 0.2) is 0 Å². The zero-order valence-corrected chi connectivity index (χ0v) is 10.0. The number of rotatable bonds is 4. The molecule has 2 atom stereocenters. The summed E-state index contributed by atoms with van der Waals surface area (Å²) in [5.41, 5.74) is 8.91. The molecule has 0 saturated heterocycles. The highest BCUT2D eigenvalue weighted by Crippen LogP contribution is 2.38. The van der Waals surface area contributed by atoms with Crippen LogP contribution in [0.5, 0.6) is 0 Å². The fraction of sp³-hybridized carbons (Fsp3) is 0.462. The van der Waals surface area contributed by atoms with Gasteiger partial charge in [0.25, 0.3) is 0 Å². The summed E-state index contributed by atoms with van der Waals surface area (Å²) in [5, 5.41) is 11.6. The predicted molar refractivity (Wildman–Crippen MR) is 70.9 cm³/mol. The van der Waals surface area contributed by atoms with E-state index in [-0.39, 0.29) is 0 Å². The zero-order valence-electron chi connectivity index (χ0n) is 10.0. The van der Waals surface area contributed by atoms with Crippen LogP contribution >= 0.6 is 0 Å². The SMILES string of the molecule is CCCC1CC1Nc1cc2[nH]ncc2cc1N. The van der Waals surface area contributed by atoms with Crippen molar-refractivity contribution in [2.75, 3.05) is 11.1 Å². The van der Waals surface area contributed by atoms with Crippen LogP contribution < -0.4 is 11.1 Å². The molecule has 2 aromatic rings. The monoisotopic (exact) mass is 230 g/mol. The number of nitrogen functional groups attached to an aromatic ring is 1. The van der Waals surface area contributed by atoms with E-state index in [0.717, 1.165) is 28.2 Å². The lowest BCUT2D eigenvalue weighted by molar-refractivity contribution is 0.693. The van der Waals surface area contributed by atoms with Gasteiger partial charge in [-0.25, -0.2) is 0 Å². The molecule has 0 spiro atoms. The van der Waals surface area contributed by atoms with Crippen LogP contribution in [0, 0.1) is 5.92 Å². The van der Waals surface area contributed by atoms with Crippen LogP contribution in [0.4, 0.5) is 11.4 Å². The van der Waals surface area contributed by atoms with E-state index in [1.165, 1.54) is 19.3 Å². The van der Waals surface area contributed by atoms with Crippen molar-refractivity contribution in [2.45, 2.75) is 32.2 Å². The molecule has 1 heterocycles. The third kappa shape index (κ3) is 1.95. The molecule has 0 aliphatic heterocycles. The smallest absolute Gasteiger partial charge is 0.0672 e. The summed E-state index contributed by atoms with van der Waals surface area (Å²) in [6.45, 7) is 2.24. The Morgan fingerprint density at radius 3 is 3.24 bits per heavy atom. The van der Waals surface area contributed by atoms with Crippen LogP contribution in [0.25, 0.3) is 10.9 Å². The minimum Gasteiger partial charge on any atom is -0.397 e. The second-order valence-corrected chi connectivity index (χ2v) is 4.93. The maximum Gasteiger partial charge on any atom is 0.0672 e. The van der Waals surface area contributed by atoms with Gasteiger partial charge in [-0.3, -0.25) is 5.10 Å². The summed E-state index contributed by atoms with van der Waals surface area (Å²) < 4.78 is 0. The number of nitrogens with two attached hydrogens (primary N) is 1. The summed E-state index contributed by atoms with van der Waals surface area (Å²) in [6.07, 6.45) is 5.64. The van der Waals surface area contributed by atoms with Gasteiger partial charge in [0, 0.05) is 11.4 Å². The second kappa shape index (κ2) is 3.95. The lowest BCUT2D eigenvalue weighted by Crippen LogP contribution is -2.06. The molecule has 0 radical (unpaired) electrons. The fourth-order valence-electron chi connectivity index (χ4n) is 2.45. The third-order valence-electron chi connectivity index (χ3n) is 3.53. The number of benzene rings is 1. The Balaban J connectivity index is 1.78. The van der Waals surface area contributed by atoms with E-state index in [1.807, 2.05) is 6.07 Å². The van der Waals surface area contributed by atoms with E-state index in [0.29, 0.717) is 6.04 Å². The first-order valence-corrected chi connectivity index (χ1v) is 6.27. The van der Waals surface area contributed by atoms with Crippen molar-refractivity contribution in [1.29, 1.82) is 0 Å². The van der Waals surface area contributed by atoms with Crippen molar-refractivity contribution >= 4 is 22.3 Å². The van der Waals surface area contributed by atoms with Crippen molar-refractivity contribution < 1.29 is 0 Å². The number of aromatic amines is 1. The molecule has 4 N–H and O–H groups in total. The first-order chi connectivity index (χ1) is 8.28. The summed E-state index contributed by atoms with van der Waals surface area (Å²) in [7, 11) is 0. The van der Waals surface area contributed by atoms with Gasteiger partial charge in [-0.2, -0.15) is 5.10 Å². The summed E-state index contributed by atoms with van der Waals surface area (Å²) in [6, 6.07) is 4.63. The Labute approximate surface area is 101 Å². The number of hydrogen-bond donors (Lipinski definition) is 3. The molecule has 1 aromatic heterocycles. The normalized spacial score (nSPS) is 22.9. The standard InChI is InChI=1S/C13H18N4/c1-2-3-8-5-11(8)16-13-6-12-9(4-10(13)14)7-15-17-12/h4,6-8,11,16H,2-3,5,14H2,1H3,(H,15,17). The van der Waals surface area contributed by atoms with Gasteiger partial charge in [0.1, 0.15) is 0 Å². The number of H-pyrrole nitrogens is 1. The summed E-state index contributed by atoms with van der Waals surface area (Å²) in [4.78, 5) is 0. The average Bonchev–Trinajstić information content (AvgIpc) is 2.86. The molecule has 90 valence electrons. The summed E-state index contributed by atoms with van der Waals surface area (Å²) >= 11 is 0. The quantitative estimate of drug-likeness (QED) is 0.707. The Morgan fingerprint density at radius 2 is 2.41 bits per heavy atom. The molecule has 17 heavy (non-hydrogen) atoms. The Kier molecular flexibility index (Phi) is 2.42. The van der Waals surface area contributed by atoms with Crippen LogP contribution in [0.1, 0.15) is 26.2 Å². The van der Waals surface area contributed by atoms with Gasteiger partial charge in [-0.1, -0.05) is 13.3 Å². The molecule has 4 nitrogen and oxygen atoms in total. The van der Waals surface area contributed by atoms with Gasteiger partial charge in [0.05, 0.1) is 23.1 Å². The lowest BCUT2D eigenvalue weighted by Gasteiger charge is -2.09. The maximum absolute atomic E-state index is 6.04. The largest absolute Gasteiger partial charge is 0.397 e. The number of aromatic nitrogens is 2. The molecule has 0 bridgehead atoms. The molecular weight excluding hydrogens is 212 g/mol. The number of nitrogens with one attached hydrogen (secondary N) is 2. The van der Waals surface area contributed by atoms with Crippen LogP contribution in [0.3, 0.4) is 0 Å². The predicted octanol–water partition coefficient (Wildman–Crippen LogP) is 2.75. The molecule has 1 aliphatic carbocycles. The molecular formula is C13H18N4. The topological polar surface area (TPSA) is 66.7 Å². The molecule has 1 aliphatic rings. The summed E-state index contributed by atoms with van der Waals surface area (Å²) in [5.74, 6) is 0.830. The van der Waals surface area contributed by atoms with Crippen molar-refractivity contribution in [3.05, 3.63) is 18.3 Å². The van der Waals surface area contributed by atoms with E-state index in [1.54, 1.807) is 6.20 Å². The number of fused-ring (bicyclic) bond motifs is 1. The molecule has 1 aromatic carbocycles. The lowest BCUT2D eigenvalue weighted by atomic mass is 10.2. The molecule has 4 heteroatoms. The van der Waals surface area contributed by atoms with Gasteiger partial charge >= 0.3 is 0 Å². The van der Waals surface area contributed by atoms with Crippen molar-refractivity contribution in [2.24, 2.45) is 5.92 Å². The van der Waals surface area contributed by atoms with Crippen LogP contribution in [-0.2, 0) is 0 Å². The number of anilines is 2. The van der Waals surface area contributed by atoms with Gasteiger partial charge in [0.2, 0.25) is 0 Å². The van der Waals surface area contributed by atoms with E-state index >= 15 is 0 Å². The molecule has 1 fully saturated rings. The molecule has 3 rings (SSSR count). The molecule has 2 unspecified atom stereocenters. The van der Waals surface area contributed by atoms with E-state index < -0.39 is 0 Å². The van der Waals surface area contributed by atoms with Gasteiger partial charge < -0.3 is 11.1 Å². The minimum absolute atomic E-state index is 0.609. The highest BCUT2D eigenvalue weighted by molar-refractivity contribution is 5.88. The first-order valence-electron chi connectivity index (χ1n) is 6.27. The Morgan fingerprint density at radius 1 is 1.53 bits per heavy atom. The third-order valence-corrected chi connectivity index (χ3v) is 3.53. The highest BCUT2D eigenvalue weighted by Gasteiger charge is 2.36. The number of nitrogens with zero attached hydrogens (tertiary/aromatic N) is 1. The van der Waals surface area contributed by atoms with Crippen molar-refractivity contribution in [1.82, 2.24) is 10.2 Å². The first kappa shape index (κ1) is 10.4. The van der Waals surface area contributed by atoms with E-state index in [9.17, 15) is 0 Å². The van der Waals surface area contributed by atoms with Crippen LogP contribution in [-0.4, -0.2) is 16.2 Å². The van der Waals surface area contributed by atoms with Crippen LogP contribution in [0.2, 0.25) is 0 Å². The maximum atomic E-state index is 6.04. The van der Waals surface area contributed by atoms with Crippen molar-refractivity contribution in [3.63, 3.8) is 0 Å². The molecule has 1 saturated carbocycles. The average molecular weight is 230 g/mol. The Bertz CT molecular complexity index is 531. The zero-order chi connectivity index (χ0) is 11.8. The van der Waals surface area contributed by atoms with Crippen LogP contribution in [0.15, 0.2) is 18.3 Å². The van der Waals surface area contributed by atoms with Gasteiger partial charge in [-0.15, -0.1) is 0 Å². The Hall–Kier alpha value is -1.71. The van der Waals surface area contributed by atoms with E-state index in [4.69, 9.17) is 5.73 Å². The van der Waals surface area contributed by atoms with Gasteiger partial charge in [-0.05, 0) is 30.9 Å². The molecule has 0 amide bonds. The van der Waals surface area contributed by atoms with E-state index in [2.05, 4.69) is 28.5 Å². The second-order valence-electron chi connectivity index (χ2n) is 4.93. The number of hydrogen-bond acceptors (Lipinski definition) is 3. The highest BCUT2D eigenvalue weighted by atomic mass is 15.1.